The zero-order valence-electron chi connectivity index (χ0n) is 11.8. The molecule has 20 heavy (non-hydrogen) atoms. The van der Waals surface area contributed by atoms with Gasteiger partial charge in [0.1, 0.15) is 5.75 Å². The van der Waals surface area contributed by atoms with Gasteiger partial charge in [0.05, 0.1) is 5.69 Å². The monoisotopic (exact) mass is 272 g/mol. The number of piperazine rings is 1. The molecule has 0 aliphatic carbocycles. The van der Waals surface area contributed by atoms with E-state index in [-0.39, 0.29) is 6.79 Å². The van der Waals surface area contributed by atoms with Crippen LogP contribution < -0.4 is 15.0 Å². The molecule has 0 amide bonds. The number of ether oxygens (including phenoxy) is 2. The first kappa shape index (κ1) is 13.2. The molecule has 0 atom stereocenters. The summed E-state index contributed by atoms with van der Waals surface area (Å²) in [5.74, 6) is 0.896. The van der Waals surface area contributed by atoms with E-state index in [0.29, 0.717) is 0 Å². The second kappa shape index (κ2) is 6.11. The van der Waals surface area contributed by atoms with Crippen LogP contribution in [0.1, 0.15) is 0 Å². The van der Waals surface area contributed by atoms with Gasteiger partial charge in [0.15, 0.2) is 6.79 Å². The van der Waals surface area contributed by atoms with Crippen LogP contribution in [0.3, 0.4) is 0 Å². The van der Waals surface area contributed by atoms with Crippen molar-refractivity contribution in [2.45, 2.75) is 0 Å². The van der Waals surface area contributed by atoms with Crippen LogP contribution in [0.15, 0.2) is 36.4 Å². The van der Waals surface area contributed by atoms with Crippen molar-refractivity contribution in [1.82, 2.24) is 5.32 Å². The lowest BCUT2D eigenvalue weighted by Gasteiger charge is -2.31. The Kier molecular flexibility index (Phi) is 4.04. The quantitative estimate of drug-likeness (QED) is 0.865. The Morgan fingerprint density at radius 1 is 1.10 bits per heavy atom. The largest absolute Gasteiger partial charge is 0.465 e. The summed E-state index contributed by atoms with van der Waals surface area (Å²) in [6.45, 7) is 4.28. The van der Waals surface area contributed by atoms with Crippen LogP contribution in [0.4, 0.5) is 5.69 Å². The summed E-state index contributed by atoms with van der Waals surface area (Å²) in [4.78, 5) is 2.39. The van der Waals surface area contributed by atoms with Crippen molar-refractivity contribution >= 4 is 16.5 Å². The van der Waals surface area contributed by atoms with E-state index < -0.39 is 0 Å². The number of methoxy groups -OCH3 is 1. The first-order valence-electron chi connectivity index (χ1n) is 6.99. The Morgan fingerprint density at radius 2 is 1.90 bits per heavy atom. The van der Waals surface area contributed by atoms with Gasteiger partial charge in [0.25, 0.3) is 0 Å². The topological polar surface area (TPSA) is 33.7 Å². The summed E-state index contributed by atoms with van der Waals surface area (Å²) >= 11 is 0. The molecular weight excluding hydrogens is 252 g/mol. The number of nitrogens with zero attached hydrogens (tertiary/aromatic N) is 1. The van der Waals surface area contributed by atoms with E-state index >= 15 is 0 Å². The van der Waals surface area contributed by atoms with Crippen molar-refractivity contribution in [3.05, 3.63) is 36.4 Å². The van der Waals surface area contributed by atoms with Crippen molar-refractivity contribution < 1.29 is 9.47 Å². The van der Waals surface area contributed by atoms with Crippen LogP contribution in [0.5, 0.6) is 5.75 Å². The van der Waals surface area contributed by atoms with Gasteiger partial charge >= 0.3 is 0 Å². The van der Waals surface area contributed by atoms with Crippen molar-refractivity contribution in [3.8, 4) is 5.75 Å². The van der Waals surface area contributed by atoms with Gasteiger partial charge in [-0.1, -0.05) is 30.3 Å². The van der Waals surface area contributed by atoms with E-state index in [2.05, 4.69) is 40.5 Å². The maximum atomic E-state index is 5.76. The first-order valence-corrected chi connectivity index (χ1v) is 6.99. The standard InChI is InChI=1S/C16H20N2O2/c1-19-12-20-15-7-6-13-4-2-3-5-14(13)16(15)18-10-8-17-9-11-18/h2-7,17H,8-12H2,1H3. The molecule has 0 saturated carbocycles. The molecule has 4 heteroatoms. The van der Waals surface area contributed by atoms with Crippen LogP contribution in [0, 0.1) is 0 Å². The second-order valence-electron chi connectivity index (χ2n) is 4.92. The van der Waals surface area contributed by atoms with Crippen LogP contribution in [-0.2, 0) is 4.74 Å². The minimum absolute atomic E-state index is 0.275. The molecule has 106 valence electrons. The molecular formula is C16H20N2O2. The SMILES string of the molecule is COCOc1ccc2ccccc2c1N1CCNCC1. The molecule has 0 bridgehead atoms. The van der Waals surface area contributed by atoms with E-state index in [0.717, 1.165) is 31.9 Å². The predicted molar refractivity (Wildman–Crippen MR) is 81.5 cm³/mol. The minimum Gasteiger partial charge on any atom is -0.465 e. The number of fused-ring (bicyclic) bond motifs is 1. The Morgan fingerprint density at radius 3 is 2.70 bits per heavy atom. The average molecular weight is 272 g/mol. The molecule has 0 radical (unpaired) electrons. The van der Waals surface area contributed by atoms with Gasteiger partial charge in [-0.15, -0.1) is 0 Å². The van der Waals surface area contributed by atoms with Crippen molar-refractivity contribution in [2.75, 3.05) is 45.0 Å². The molecule has 4 nitrogen and oxygen atoms in total. The average Bonchev–Trinajstić information content (AvgIpc) is 2.53. The summed E-state index contributed by atoms with van der Waals surface area (Å²) in [6, 6.07) is 12.6. The molecule has 2 aromatic carbocycles. The van der Waals surface area contributed by atoms with Gasteiger partial charge in [0.2, 0.25) is 0 Å². The maximum Gasteiger partial charge on any atom is 0.188 e. The second-order valence-corrected chi connectivity index (χ2v) is 4.92. The van der Waals surface area contributed by atoms with E-state index in [1.165, 1.54) is 16.5 Å². The third kappa shape index (κ3) is 2.57. The molecule has 3 rings (SSSR count). The molecule has 1 fully saturated rings. The van der Waals surface area contributed by atoms with Gasteiger partial charge in [-0.05, 0) is 11.5 Å². The normalized spacial score (nSPS) is 15.6. The molecule has 1 N–H and O–H groups in total. The predicted octanol–water partition coefficient (Wildman–Crippen LogP) is 2.23. The highest BCUT2D eigenvalue weighted by atomic mass is 16.7. The number of rotatable bonds is 4. The molecule has 0 spiro atoms. The Labute approximate surface area is 119 Å². The smallest absolute Gasteiger partial charge is 0.188 e. The number of benzene rings is 2. The van der Waals surface area contributed by atoms with Crippen molar-refractivity contribution in [2.24, 2.45) is 0 Å². The fraction of sp³-hybridized carbons (Fsp3) is 0.375. The fourth-order valence-corrected chi connectivity index (χ4v) is 2.69. The third-order valence-electron chi connectivity index (χ3n) is 3.63. The van der Waals surface area contributed by atoms with Gasteiger partial charge < -0.3 is 19.7 Å². The summed E-state index contributed by atoms with van der Waals surface area (Å²) in [5.41, 5.74) is 1.18. The fourth-order valence-electron chi connectivity index (χ4n) is 2.69. The van der Waals surface area contributed by atoms with Crippen LogP contribution in [0.25, 0.3) is 10.8 Å². The number of nitrogens with one attached hydrogen (secondary N) is 1. The number of anilines is 1. The Balaban J connectivity index is 2.07. The number of hydrogen-bond donors (Lipinski definition) is 1. The first-order chi connectivity index (χ1) is 9.90. The highest BCUT2D eigenvalue weighted by molar-refractivity contribution is 5.97. The highest BCUT2D eigenvalue weighted by Gasteiger charge is 2.18. The lowest BCUT2D eigenvalue weighted by atomic mass is 10.1. The van der Waals surface area contributed by atoms with E-state index in [1.54, 1.807) is 7.11 Å². The van der Waals surface area contributed by atoms with Crippen LogP contribution >= 0.6 is 0 Å². The minimum atomic E-state index is 0.275. The summed E-state index contributed by atoms with van der Waals surface area (Å²) < 4.78 is 10.8. The van der Waals surface area contributed by atoms with E-state index in [9.17, 15) is 0 Å². The summed E-state index contributed by atoms with van der Waals surface area (Å²) in [7, 11) is 1.64. The zero-order valence-corrected chi connectivity index (χ0v) is 11.8. The van der Waals surface area contributed by atoms with Gasteiger partial charge in [-0.3, -0.25) is 0 Å². The lowest BCUT2D eigenvalue weighted by Crippen LogP contribution is -2.43. The lowest BCUT2D eigenvalue weighted by molar-refractivity contribution is 0.0515. The van der Waals surface area contributed by atoms with Crippen LogP contribution in [-0.4, -0.2) is 40.1 Å². The van der Waals surface area contributed by atoms with Crippen molar-refractivity contribution in [1.29, 1.82) is 0 Å². The van der Waals surface area contributed by atoms with E-state index in [1.807, 2.05) is 6.07 Å². The highest BCUT2D eigenvalue weighted by Crippen LogP contribution is 2.36. The van der Waals surface area contributed by atoms with E-state index in [4.69, 9.17) is 9.47 Å². The molecule has 0 unspecified atom stereocenters. The van der Waals surface area contributed by atoms with Crippen molar-refractivity contribution in [3.63, 3.8) is 0 Å². The maximum absolute atomic E-state index is 5.76. The van der Waals surface area contributed by atoms with Gasteiger partial charge in [-0.25, -0.2) is 0 Å². The summed E-state index contributed by atoms with van der Waals surface area (Å²) in [5, 5.41) is 5.87. The van der Waals surface area contributed by atoms with Gasteiger partial charge in [-0.2, -0.15) is 0 Å². The number of hydrogen-bond acceptors (Lipinski definition) is 4. The van der Waals surface area contributed by atoms with Crippen LogP contribution in [0.2, 0.25) is 0 Å². The third-order valence-corrected chi connectivity index (χ3v) is 3.63. The summed E-state index contributed by atoms with van der Waals surface area (Å²) in [6.07, 6.45) is 0. The molecule has 1 saturated heterocycles. The molecule has 1 aliphatic rings. The molecule has 0 aromatic heterocycles. The molecule has 2 aromatic rings. The molecule has 1 aliphatic heterocycles. The van der Waals surface area contributed by atoms with Gasteiger partial charge in [0, 0.05) is 38.7 Å². The molecule has 1 heterocycles. The Hall–Kier alpha value is -1.78. The Bertz CT molecular complexity index is 580. The zero-order chi connectivity index (χ0) is 13.8.